The molecule has 13 heteroatoms. The molecule has 1 aliphatic heterocycles. The second-order valence-corrected chi connectivity index (χ2v) is 8.44. The van der Waals surface area contributed by atoms with Crippen LogP contribution in [0.2, 0.25) is 0 Å². The number of piperidine rings is 1. The third kappa shape index (κ3) is 8.21. The van der Waals surface area contributed by atoms with Gasteiger partial charge in [-0.3, -0.25) is 4.68 Å². The molecule has 1 fully saturated rings. The van der Waals surface area contributed by atoms with Gasteiger partial charge in [-0.25, -0.2) is 9.59 Å². The minimum atomic E-state index is -5.08. The third-order valence-corrected chi connectivity index (χ3v) is 5.11. The molecule has 0 bridgehead atoms. The molecule has 4 N–H and O–H groups in total. The van der Waals surface area contributed by atoms with Gasteiger partial charge in [-0.1, -0.05) is 11.3 Å². The minimum Gasteiger partial charge on any atom is -0.497 e. The number of aromatic nitrogens is 3. The van der Waals surface area contributed by atoms with Crippen LogP contribution < -0.4 is 15.8 Å². The van der Waals surface area contributed by atoms with E-state index in [4.69, 9.17) is 20.4 Å². The fourth-order valence-corrected chi connectivity index (χ4v) is 3.17. The van der Waals surface area contributed by atoms with Crippen LogP contribution >= 0.6 is 0 Å². The summed E-state index contributed by atoms with van der Waals surface area (Å²) >= 11 is 0. The standard InChI is InChI=1S/C19H28N6O2.C2HF3O2/c1-19(2,20)17-13-25(23-22-17)12-14-7-9-24(10-8-14)18(26)21-15-5-4-6-16(11-15)27-3;3-2(4,5)1(6)7/h4-6,11,13-14H,7-10,12,20H2,1-3H3,(H,21,26);(H,6,7). The summed E-state index contributed by atoms with van der Waals surface area (Å²) in [7, 11) is 1.61. The number of aliphatic carboxylic acids is 1. The number of carbonyl (C=O) groups is 2. The Kier molecular flexibility index (Phi) is 8.85. The van der Waals surface area contributed by atoms with Gasteiger partial charge in [-0.15, -0.1) is 5.10 Å². The van der Waals surface area contributed by atoms with Crippen molar-refractivity contribution in [2.45, 2.75) is 44.9 Å². The molecule has 3 rings (SSSR count). The molecule has 1 aromatic carbocycles. The Labute approximate surface area is 194 Å². The van der Waals surface area contributed by atoms with Gasteiger partial charge >= 0.3 is 18.2 Å². The number of likely N-dealkylation sites (tertiary alicyclic amines) is 1. The van der Waals surface area contributed by atoms with Gasteiger partial charge < -0.3 is 25.8 Å². The molecule has 0 atom stereocenters. The van der Waals surface area contributed by atoms with Crippen molar-refractivity contribution >= 4 is 17.7 Å². The number of amides is 2. The average molecular weight is 486 g/mol. The van der Waals surface area contributed by atoms with Crippen LogP contribution in [0, 0.1) is 5.92 Å². The molecule has 0 unspecified atom stereocenters. The van der Waals surface area contributed by atoms with E-state index in [0.717, 1.165) is 49.6 Å². The zero-order chi connectivity index (χ0) is 25.5. The number of ether oxygens (including phenoxy) is 1. The Morgan fingerprint density at radius 3 is 2.38 bits per heavy atom. The molecule has 1 saturated heterocycles. The topological polar surface area (TPSA) is 136 Å². The van der Waals surface area contributed by atoms with Gasteiger partial charge in [-0.05, 0) is 44.7 Å². The van der Waals surface area contributed by atoms with Crippen molar-refractivity contribution in [3.8, 4) is 5.75 Å². The van der Waals surface area contributed by atoms with E-state index in [-0.39, 0.29) is 6.03 Å². The number of alkyl halides is 3. The van der Waals surface area contributed by atoms with Crippen LogP contribution in [0.4, 0.5) is 23.7 Å². The maximum absolute atomic E-state index is 12.5. The van der Waals surface area contributed by atoms with Crippen LogP contribution in [0.3, 0.4) is 0 Å². The zero-order valence-electron chi connectivity index (χ0n) is 19.2. The Bertz CT molecular complexity index is 966. The number of nitrogens with two attached hydrogens (primary N) is 1. The van der Waals surface area contributed by atoms with Gasteiger partial charge in [0.25, 0.3) is 0 Å². The summed E-state index contributed by atoms with van der Waals surface area (Å²) in [5.74, 6) is -1.56. The number of carbonyl (C=O) groups excluding carboxylic acids is 1. The summed E-state index contributed by atoms with van der Waals surface area (Å²) in [6.45, 7) is 6.09. The zero-order valence-corrected chi connectivity index (χ0v) is 19.2. The second kappa shape index (κ2) is 11.2. The number of nitrogens with zero attached hydrogens (tertiary/aromatic N) is 4. The lowest BCUT2D eigenvalue weighted by Gasteiger charge is -2.31. The molecule has 0 aliphatic carbocycles. The summed E-state index contributed by atoms with van der Waals surface area (Å²) in [5.41, 5.74) is 7.10. The number of urea groups is 1. The number of halogens is 3. The van der Waals surface area contributed by atoms with Crippen LogP contribution in [0.25, 0.3) is 0 Å². The Morgan fingerprint density at radius 1 is 1.26 bits per heavy atom. The molecule has 10 nitrogen and oxygen atoms in total. The Hall–Kier alpha value is -3.35. The van der Waals surface area contributed by atoms with Crippen LogP contribution in [0.1, 0.15) is 32.4 Å². The molecule has 34 heavy (non-hydrogen) atoms. The smallest absolute Gasteiger partial charge is 0.490 e. The first kappa shape index (κ1) is 26.9. The number of hydrogen-bond donors (Lipinski definition) is 3. The second-order valence-electron chi connectivity index (χ2n) is 8.44. The van der Waals surface area contributed by atoms with Crippen LogP contribution in [-0.2, 0) is 16.9 Å². The number of methoxy groups -OCH3 is 1. The van der Waals surface area contributed by atoms with Crippen molar-refractivity contribution in [3.05, 3.63) is 36.2 Å². The van der Waals surface area contributed by atoms with Crippen molar-refractivity contribution in [3.63, 3.8) is 0 Å². The summed E-state index contributed by atoms with van der Waals surface area (Å²) in [5, 5.41) is 18.4. The largest absolute Gasteiger partial charge is 0.497 e. The van der Waals surface area contributed by atoms with Crippen LogP contribution in [0.5, 0.6) is 5.75 Å². The van der Waals surface area contributed by atoms with Crippen molar-refractivity contribution in [2.75, 3.05) is 25.5 Å². The first-order valence-electron chi connectivity index (χ1n) is 10.5. The molecule has 0 spiro atoms. The Morgan fingerprint density at radius 2 is 1.88 bits per heavy atom. The highest BCUT2D eigenvalue weighted by Gasteiger charge is 2.38. The van der Waals surface area contributed by atoms with E-state index in [1.165, 1.54) is 0 Å². The molecule has 1 aromatic heterocycles. The molecule has 2 aromatic rings. The quantitative estimate of drug-likeness (QED) is 0.591. The number of anilines is 1. The lowest BCUT2D eigenvalue weighted by atomic mass is 9.97. The molecule has 0 radical (unpaired) electrons. The number of nitrogens with one attached hydrogen (secondary N) is 1. The molecule has 0 saturated carbocycles. The average Bonchev–Trinajstić information content (AvgIpc) is 3.23. The normalized spacial score (nSPS) is 14.7. The van der Waals surface area contributed by atoms with Crippen LogP contribution in [-0.4, -0.2) is 63.4 Å². The van der Waals surface area contributed by atoms with Gasteiger partial charge in [0.2, 0.25) is 0 Å². The van der Waals surface area contributed by atoms with E-state index in [1.807, 2.05) is 53.9 Å². The SMILES string of the molecule is COc1cccc(NC(=O)N2CCC(Cn3cc(C(C)(C)N)nn3)CC2)c1.O=C(O)C(F)(F)F. The van der Waals surface area contributed by atoms with E-state index in [9.17, 15) is 18.0 Å². The predicted octanol–water partition coefficient (Wildman–Crippen LogP) is 3.06. The Balaban J connectivity index is 0.000000509. The molecule has 2 heterocycles. The van der Waals surface area contributed by atoms with E-state index in [0.29, 0.717) is 5.92 Å². The monoisotopic (exact) mass is 486 g/mol. The summed E-state index contributed by atoms with van der Waals surface area (Å²) in [4.78, 5) is 23.2. The van der Waals surface area contributed by atoms with E-state index < -0.39 is 17.7 Å². The van der Waals surface area contributed by atoms with Gasteiger partial charge in [0.15, 0.2) is 0 Å². The van der Waals surface area contributed by atoms with E-state index in [1.54, 1.807) is 7.11 Å². The van der Waals surface area contributed by atoms with Crippen LogP contribution in [0.15, 0.2) is 30.5 Å². The third-order valence-electron chi connectivity index (χ3n) is 5.11. The van der Waals surface area contributed by atoms with Crippen molar-refractivity contribution < 1.29 is 32.6 Å². The van der Waals surface area contributed by atoms with E-state index >= 15 is 0 Å². The highest BCUT2D eigenvalue weighted by molar-refractivity contribution is 5.89. The summed E-state index contributed by atoms with van der Waals surface area (Å²) < 4.78 is 38.8. The van der Waals surface area contributed by atoms with Crippen molar-refractivity contribution in [1.82, 2.24) is 19.9 Å². The maximum atomic E-state index is 12.5. The molecule has 1 aliphatic rings. The molecular formula is C21H29F3N6O4. The minimum absolute atomic E-state index is 0.0744. The first-order chi connectivity index (χ1) is 15.8. The molecule has 2 amide bonds. The summed E-state index contributed by atoms with van der Waals surface area (Å²) in [6, 6.07) is 7.30. The lowest BCUT2D eigenvalue weighted by Crippen LogP contribution is -2.41. The lowest BCUT2D eigenvalue weighted by molar-refractivity contribution is -0.192. The fourth-order valence-electron chi connectivity index (χ4n) is 3.17. The number of carboxylic acids is 1. The molecular weight excluding hydrogens is 457 g/mol. The van der Waals surface area contributed by atoms with Gasteiger partial charge in [0, 0.05) is 31.4 Å². The van der Waals surface area contributed by atoms with Crippen molar-refractivity contribution in [1.29, 1.82) is 0 Å². The fraction of sp³-hybridized carbons (Fsp3) is 0.524. The molecule has 188 valence electrons. The van der Waals surface area contributed by atoms with Crippen molar-refractivity contribution in [2.24, 2.45) is 11.7 Å². The number of rotatable bonds is 5. The van der Waals surface area contributed by atoms with Gasteiger partial charge in [0.05, 0.1) is 18.8 Å². The number of carboxylic acid groups (broad SMARTS) is 1. The predicted molar refractivity (Wildman–Crippen MR) is 117 cm³/mol. The first-order valence-corrected chi connectivity index (χ1v) is 10.5. The van der Waals surface area contributed by atoms with Gasteiger partial charge in [0.1, 0.15) is 11.4 Å². The highest BCUT2D eigenvalue weighted by Crippen LogP contribution is 2.22. The highest BCUT2D eigenvalue weighted by atomic mass is 19.4. The number of benzene rings is 1. The number of hydrogen-bond acceptors (Lipinski definition) is 6. The maximum Gasteiger partial charge on any atom is 0.490 e. The summed E-state index contributed by atoms with van der Waals surface area (Å²) in [6.07, 6.45) is -1.29. The van der Waals surface area contributed by atoms with Gasteiger partial charge in [-0.2, -0.15) is 13.2 Å². The van der Waals surface area contributed by atoms with E-state index in [2.05, 4.69) is 15.6 Å².